The number of aliphatic hydroxyl groups excluding tert-OH is 1. The largest absolute Gasteiger partial charge is 0.445 e. The van der Waals surface area contributed by atoms with Crippen molar-refractivity contribution in [2.75, 3.05) is 6.61 Å². The third-order valence-electron chi connectivity index (χ3n) is 2.26. The van der Waals surface area contributed by atoms with Gasteiger partial charge in [-0.15, -0.1) is 0 Å². The first-order valence-electron chi connectivity index (χ1n) is 5.07. The molecule has 0 aliphatic heterocycles. The molecule has 1 aromatic carbocycles. The van der Waals surface area contributed by atoms with E-state index in [9.17, 15) is 0 Å². The molecule has 0 unspecified atom stereocenters. The van der Waals surface area contributed by atoms with Gasteiger partial charge in [-0.05, 0) is 11.6 Å². The lowest BCUT2D eigenvalue weighted by atomic mass is 10.1. The smallest absolute Gasteiger partial charge is 0.198 e. The molecule has 0 saturated heterocycles. The lowest BCUT2D eigenvalue weighted by molar-refractivity contribution is 0.286. The Balaban J connectivity index is 2.11. The van der Waals surface area contributed by atoms with Gasteiger partial charge in [0.05, 0.1) is 19.2 Å². The molecule has 16 heavy (non-hydrogen) atoms. The molecular weight excluding hydrogens is 270 g/mol. The van der Waals surface area contributed by atoms with Crippen LogP contribution in [0.4, 0.5) is 0 Å². The van der Waals surface area contributed by atoms with Crippen molar-refractivity contribution in [3.63, 3.8) is 0 Å². The van der Waals surface area contributed by atoms with Gasteiger partial charge in [-0.3, -0.25) is 0 Å². The molecule has 0 saturated carbocycles. The number of hydrogen-bond donors (Lipinski definition) is 1. The topological polar surface area (TPSA) is 46.3 Å². The van der Waals surface area contributed by atoms with Crippen LogP contribution in [0.15, 0.2) is 39.4 Å². The van der Waals surface area contributed by atoms with Crippen molar-refractivity contribution in [2.45, 2.75) is 12.8 Å². The van der Waals surface area contributed by atoms with Gasteiger partial charge >= 0.3 is 0 Å². The Hall–Kier alpha value is -1.13. The molecule has 0 radical (unpaired) electrons. The number of rotatable bonds is 4. The maximum atomic E-state index is 8.77. The molecule has 0 fully saturated rings. The van der Waals surface area contributed by atoms with Gasteiger partial charge in [0.1, 0.15) is 5.76 Å². The Morgan fingerprint density at radius 3 is 2.88 bits per heavy atom. The van der Waals surface area contributed by atoms with Crippen molar-refractivity contribution >= 4 is 15.9 Å². The van der Waals surface area contributed by atoms with Crippen LogP contribution >= 0.6 is 15.9 Å². The standard InChI is InChI=1S/C12H12BrNO2/c13-11-4-2-1-3-9(11)7-12-14-8-10(16-12)5-6-15/h1-4,8,15H,5-7H2. The fourth-order valence-electron chi connectivity index (χ4n) is 1.46. The van der Waals surface area contributed by atoms with Crippen LogP contribution in [0.25, 0.3) is 0 Å². The Kier molecular flexibility index (Phi) is 3.74. The summed E-state index contributed by atoms with van der Waals surface area (Å²) in [5, 5.41) is 8.77. The third kappa shape index (κ3) is 2.71. The highest BCUT2D eigenvalue weighted by Gasteiger charge is 2.06. The molecule has 1 N–H and O–H groups in total. The van der Waals surface area contributed by atoms with Crippen molar-refractivity contribution in [1.82, 2.24) is 4.98 Å². The summed E-state index contributed by atoms with van der Waals surface area (Å²) in [6.07, 6.45) is 2.85. The minimum absolute atomic E-state index is 0.0870. The zero-order valence-corrected chi connectivity index (χ0v) is 10.3. The average molecular weight is 282 g/mol. The normalized spacial score (nSPS) is 10.6. The molecule has 0 aliphatic carbocycles. The molecule has 84 valence electrons. The molecule has 1 heterocycles. The lowest BCUT2D eigenvalue weighted by Crippen LogP contribution is -1.89. The van der Waals surface area contributed by atoms with Crippen LogP contribution in [-0.4, -0.2) is 16.7 Å². The van der Waals surface area contributed by atoms with Gasteiger partial charge in [0.25, 0.3) is 0 Å². The summed E-state index contributed by atoms with van der Waals surface area (Å²) in [4.78, 5) is 4.17. The predicted octanol–water partition coefficient (Wildman–Crippen LogP) is 2.56. The van der Waals surface area contributed by atoms with Crippen LogP contribution in [0.5, 0.6) is 0 Å². The molecule has 2 rings (SSSR count). The van der Waals surface area contributed by atoms with Gasteiger partial charge in [-0.2, -0.15) is 0 Å². The van der Waals surface area contributed by atoms with Gasteiger partial charge in [0.2, 0.25) is 0 Å². The highest BCUT2D eigenvalue weighted by atomic mass is 79.9. The maximum absolute atomic E-state index is 8.77. The van der Waals surface area contributed by atoms with E-state index in [4.69, 9.17) is 9.52 Å². The molecule has 0 amide bonds. The molecule has 0 spiro atoms. The fourth-order valence-corrected chi connectivity index (χ4v) is 1.89. The average Bonchev–Trinajstić information content (AvgIpc) is 2.70. The van der Waals surface area contributed by atoms with Gasteiger partial charge in [0, 0.05) is 10.9 Å². The number of oxazole rings is 1. The molecule has 3 nitrogen and oxygen atoms in total. The van der Waals surface area contributed by atoms with E-state index in [0.29, 0.717) is 18.7 Å². The molecule has 2 aromatic rings. The van der Waals surface area contributed by atoms with E-state index in [1.807, 2.05) is 24.3 Å². The third-order valence-corrected chi connectivity index (χ3v) is 3.03. The highest BCUT2D eigenvalue weighted by Crippen LogP contribution is 2.19. The Labute approximate surface area is 102 Å². The van der Waals surface area contributed by atoms with E-state index in [1.54, 1.807) is 6.20 Å². The summed E-state index contributed by atoms with van der Waals surface area (Å²) >= 11 is 3.48. The van der Waals surface area contributed by atoms with E-state index in [0.717, 1.165) is 15.8 Å². The van der Waals surface area contributed by atoms with E-state index in [1.165, 1.54) is 0 Å². The Bertz CT molecular complexity index is 468. The number of nitrogens with zero attached hydrogens (tertiary/aromatic N) is 1. The van der Waals surface area contributed by atoms with Crippen molar-refractivity contribution in [3.05, 3.63) is 52.1 Å². The fraction of sp³-hybridized carbons (Fsp3) is 0.250. The Morgan fingerprint density at radius 2 is 2.12 bits per heavy atom. The van der Waals surface area contributed by atoms with Gasteiger partial charge in [0.15, 0.2) is 5.89 Å². The second-order valence-corrected chi connectivity index (χ2v) is 4.32. The van der Waals surface area contributed by atoms with Gasteiger partial charge in [-0.1, -0.05) is 34.1 Å². The van der Waals surface area contributed by atoms with Crippen LogP contribution in [-0.2, 0) is 12.8 Å². The number of halogens is 1. The first kappa shape index (κ1) is 11.4. The van der Waals surface area contributed by atoms with E-state index in [-0.39, 0.29) is 6.61 Å². The lowest BCUT2D eigenvalue weighted by Gasteiger charge is -2.00. The predicted molar refractivity (Wildman–Crippen MR) is 64.2 cm³/mol. The number of aromatic nitrogens is 1. The van der Waals surface area contributed by atoms with Crippen molar-refractivity contribution < 1.29 is 9.52 Å². The zero-order valence-electron chi connectivity index (χ0n) is 8.69. The highest BCUT2D eigenvalue weighted by molar-refractivity contribution is 9.10. The molecule has 4 heteroatoms. The summed E-state index contributed by atoms with van der Waals surface area (Å²) in [5.41, 5.74) is 1.14. The first-order valence-corrected chi connectivity index (χ1v) is 5.86. The van der Waals surface area contributed by atoms with Crippen LogP contribution in [0.3, 0.4) is 0 Å². The first-order chi connectivity index (χ1) is 7.79. The van der Waals surface area contributed by atoms with Crippen molar-refractivity contribution in [2.24, 2.45) is 0 Å². The van der Waals surface area contributed by atoms with Crippen LogP contribution in [0, 0.1) is 0 Å². The monoisotopic (exact) mass is 281 g/mol. The SMILES string of the molecule is OCCc1cnc(Cc2ccccc2Br)o1. The molecule has 0 bridgehead atoms. The summed E-state index contributed by atoms with van der Waals surface area (Å²) < 4.78 is 6.54. The number of benzene rings is 1. The summed E-state index contributed by atoms with van der Waals surface area (Å²) in [5.74, 6) is 1.40. The molecule has 0 atom stereocenters. The van der Waals surface area contributed by atoms with Crippen molar-refractivity contribution in [3.8, 4) is 0 Å². The van der Waals surface area contributed by atoms with Gasteiger partial charge in [-0.25, -0.2) is 4.98 Å². The number of hydrogen-bond acceptors (Lipinski definition) is 3. The summed E-state index contributed by atoms with van der Waals surface area (Å²) in [7, 11) is 0. The van der Waals surface area contributed by atoms with Crippen LogP contribution in [0.2, 0.25) is 0 Å². The van der Waals surface area contributed by atoms with E-state index >= 15 is 0 Å². The van der Waals surface area contributed by atoms with Crippen molar-refractivity contribution in [1.29, 1.82) is 0 Å². The second kappa shape index (κ2) is 5.27. The van der Waals surface area contributed by atoms with Gasteiger partial charge < -0.3 is 9.52 Å². The molecular formula is C12H12BrNO2. The molecule has 1 aromatic heterocycles. The Morgan fingerprint density at radius 1 is 1.31 bits per heavy atom. The summed E-state index contributed by atoms with van der Waals surface area (Å²) in [6.45, 7) is 0.0870. The minimum atomic E-state index is 0.0870. The number of aliphatic hydroxyl groups is 1. The molecule has 0 aliphatic rings. The van der Waals surface area contributed by atoms with Crippen LogP contribution in [0.1, 0.15) is 17.2 Å². The van der Waals surface area contributed by atoms with E-state index in [2.05, 4.69) is 20.9 Å². The quantitative estimate of drug-likeness (QED) is 0.937. The maximum Gasteiger partial charge on any atom is 0.198 e. The summed E-state index contributed by atoms with van der Waals surface area (Å²) in [6, 6.07) is 7.98. The second-order valence-electron chi connectivity index (χ2n) is 3.46. The zero-order chi connectivity index (χ0) is 11.4. The van der Waals surface area contributed by atoms with Crippen LogP contribution < -0.4 is 0 Å². The minimum Gasteiger partial charge on any atom is -0.445 e. The van der Waals surface area contributed by atoms with E-state index < -0.39 is 0 Å².